The Labute approximate surface area is 88.5 Å². The molecule has 1 nitrogen and oxygen atoms in total. The number of nitrogens with one attached hydrogen (secondary N) is 1. The van der Waals surface area contributed by atoms with Gasteiger partial charge in [-0.15, -0.1) is 0 Å². The standard InChI is InChI=1S/C12H15F2N/c1-2-12(7-4-8-15-12)11-9(13)5-3-6-10(11)14/h3,5-6,15H,2,4,7-8H2,1H3. The normalized spacial score (nSPS) is 25.8. The van der Waals surface area contributed by atoms with Gasteiger partial charge in [-0.2, -0.15) is 0 Å². The quantitative estimate of drug-likeness (QED) is 0.793. The van der Waals surface area contributed by atoms with E-state index in [1.54, 1.807) is 0 Å². The number of hydrogen-bond donors (Lipinski definition) is 1. The lowest BCUT2D eigenvalue weighted by Crippen LogP contribution is -2.37. The van der Waals surface area contributed by atoms with Gasteiger partial charge in [0.1, 0.15) is 11.6 Å². The average molecular weight is 211 g/mol. The van der Waals surface area contributed by atoms with Gasteiger partial charge in [0.25, 0.3) is 0 Å². The molecule has 15 heavy (non-hydrogen) atoms. The molecule has 1 aromatic carbocycles. The van der Waals surface area contributed by atoms with Gasteiger partial charge in [0.05, 0.1) is 0 Å². The molecule has 0 amide bonds. The van der Waals surface area contributed by atoms with Crippen molar-refractivity contribution in [3.8, 4) is 0 Å². The summed E-state index contributed by atoms with van der Waals surface area (Å²) in [7, 11) is 0. The summed E-state index contributed by atoms with van der Waals surface area (Å²) in [4.78, 5) is 0. The van der Waals surface area contributed by atoms with Crippen molar-refractivity contribution in [3.05, 3.63) is 35.4 Å². The fourth-order valence-corrected chi connectivity index (χ4v) is 2.45. The fraction of sp³-hybridized carbons (Fsp3) is 0.500. The zero-order valence-corrected chi connectivity index (χ0v) is 8.82. The maximum absolute atomic E-state index is 13.7. The smallest absolute Gasteiger partial charge is 0.131 e. The summed E-state index contributed by atoms with van der Waals surface area (Å²) >= 11 is 0. The van der Waals surface area contributed by atoms with Crippen LogP contribution in [-0.2, 0) is 5.54 Å². The Hall–Kier alpha value is -0.960. The summed E-state index contributed by atoms with van der Waals surface area (Å²) in [6, 6.07) is 4.07. The summed E-state index contributed by atoms with van der Waals surface area (Å²) in [5.74, 6) is -0.877. The molecule has 1 heterocycles. The second kappa shape index (κ2) is 3.89. The first kappa shape index (κ1) is 10.6. The van der Waals surface area contributed by atoms with Crippen LogP contribution in [0.25, 0.3) is 0 Å². The highest BCUT2D eigenvalue weighted by atomic mass is 19.1. The molecule has 82 valence electrons. The third-order valence-electron chi connectivity index (χ3n) is 3.29. The molecule has 1 N–H and O–H groups in total. The minimum absolute atomic E-state index is 0.213. The first-order valence-electron chi connectivity index (χ1n) is 5.39. The van der Waals surface area contributed by atoms with Gasteiger partial charge < -0.3 is 5.32 Å². The summed E-state index contributed by atoms with van der Waals surface area (Å²) < 4.78 is 27.3. The van der Waals surface area contributed by atoms with Crippen LogP contribution in [0.15, 0.2) is 18.2 Å². The highest BCUT2D eigenvalue weighted by Gasteiger charge is 2.37. The highest BCUT2D eigenvalue weighted by Crippen LogP contribution is 2.36. The Kier molecular flexibility index (Phi) is 2.74. The van der Waals surface area contributed by atoms with Gasteiger partial charge in [-0.3, -0.25) is 0 Å². The van der Waals surface area contributed by atoms with Crippen molar-refractivity contribution in [1.29, 1.82) is 0 Å². The van der Waals surface area contributed by atoms with E-state index in [-0.39, 0.29) is 5.56 Å². The minimum Gasteiger partial charge on any atom is -0.307 e. The van der Waals surface area contributed by atoms with Crippen molar-refractivity contribution >= 4 is 0 Å². The summed E-state index contributed by atoms with van der Waals surface area (Å²) in [5.41, 5.74) is -0.278. The third-order valence-corrected chi connectivity index (χ3v) is 3.29. The van der Waals surface area contributed by atoms with E-state index in [9.17, 15) is 8.78 Å². The molecule has 0 bridgehead atoms. The van der Waals surface area contributed by atoms with Gasteiger partial charge in [-0.1, -0.05) is 13.0 Å². The van der Waals surface area contributed by atoms with Gasteiger partial charge in [-0.05, 0) is 37.9 Å². The van der Waals surface area contributed by atoms with E-state index in [4.69, 9.17) is 0 Å². The van der Waals surface area contributed by atoms with E-state index in [0.29, 0.717) is 6.42 Å². The predicted molar refractivity (Wildman–Crippen MR) is 55.6 cm³/mol. The van der Waals surface area contributed by atoms with Gasteiger partial charge in [-0.25, -0.2) is 8.78 Å². The second-order valence-corrected chi connectivity index (χ2v) is 4.06. The molecule has 2 rings (SSSR count). The molecule has 1 atom stereocenters. The Morgan fingerprint density at radius 1 is 1.33 bits per heavy atom. The van der Waals surface area contributed by atoms with Crippen LogP contribution in [0.3, 0.4) is 0 Å². The van der Waals surface area contributed by atoms with Gasteiger partial charge in [0.15, 0.2) is 0 Å². The number of hydrogen-bond acceptors (Lipinski definition) is 1. The number of benzene rings is 1. The van der Waals surface area contributed by atoms with Gasteiger partial charge in [0, 0.05) is 11.1 Å². The Morgan fingerprint density at radius 2 is 2.00 bits per heavy atom. The van der Waals surface area contributed by atoms with E-state index in [0.717, 1.165) is 19.4 Å². The fourth-order valence-electron chi connectivity index (χ4n) is 2.45. The highest BCUT2D eigenvalue weighted by molar-refractivity contribution is 5.29. The molecule has 1 aromatic rings. The van der Waals surface area contributed by atoms with Crippen molar-refractivity contribution in [2.24, 2.45) is 0 Å². The number of halogens is 2. The van der Waals surface area contributed by atoms with Crippen LogP contribution in [0, 0.1) is 11.6 Å². The number of rotatable bonds is 2. The van der Waals surface area contributed by atoms with Crippen LogP contribution in [-0.4, -0.2) is 6.54 Å². The summed E-state index contributed by atoms with van der Waals surface area (Å²) in [6.07, 6.45) is 2.49. The van der Waals surface area contributed by atoms with Crippen molar-refractivity contribution in [2.75, 3.05) is 6.54 Å². The van der Waals surface area contributed by atoms with Crippen LogP contribution < -0.4 is 5.32 Å². The lowest BCUT2D eigenvalue weighted by Gasteiger charge is -2.29. The lowest BCUT2D eigenvalue weighted by molar-refractivity contribution is 0.341. The molecule has 0 saturated carbocycles. The van der Waals surface area contributed by atoms with Crippen LogP contribution in [0.1, 0.15) is 31.7 Å². The van der Waals surface area contributed by atoms with E-state index < -0.39 is 17.2 Å². The molecular formula is C12H15F2N. The largest absolute Gasteiger partial charge is 0.307 e. The van der Waals surface area contributed by atoms with Gasteiger partial charge >= 0.3 is 0 Å². The summed E-state index contributed by atoms with van der Waals surface area (Å²) in [5, 5.41) is 3.24. The SMILES string of the molecule is CCC1(c2c(F)cccc2F)CCCN1. The van der Waals surface area contributed by atoms with Crippen molar-refractivity contribution < 1.29 is 8.78 Å². The second-order valence-electron chi connectivity index (χ2n) is 4.06. The molecule has 0 aromatic heterocycles. The topological polar surface area (TPSA) is 12.0 Å². The zero-order valence-electron chi connectivity index (χ0n) is 8.82. The van der Waals surface area contributed by atoms with Crippen LogP contribution in [0.4, 0.5) is 8.78 Å². The van der Waals surface area contributed by atoms with E-state index in [1.807, 2.05) is 6.92 Å². The van der Waals surface area contributed by atoms with Crippen LogP contribution in [0.2, 0.25) is 0 Å². The molecule has 3 heteroatoms. The Bertz CT molecular complexity index is 336. The van der Waals surface area contributed by atoms with Crippen molar-refractivity contribution in [1.82, 2.24) is 5.32 Å². The molecule has 0 radical (unpaired) electrons. The monoisotopic (exact) mass is 211 g/mol. The molecule has 1 unspecified atom stereocenters. The van der Waals surface area contributed by atoms with Gasteiger partial charge in [0.2, 0.25) is 0 Å². The molecule has 1 saturated heterocycles. The first-order chi connectivity index (χ1) is 7.19. The minimum atomic E-state index is -0.491. The lowest BCUT2D eigenvalue weighted by atomic mass is 9.85. The van der Waals surface area contributed by atoms with Crippen molar-refractivity contribution in [3.63, 3.8) is 0 Å². The van der Waals surface area contributed by atoms with Crippen LogP contribution in [0.5, 0.6) is 0 Å². The zero-order chi connectivity index (χ0) is 10.9. The summed E-state index contributed by atoms with van der Waals surface area (Å²) in [6.45, 7) is 2.80. The Balaban J connectivity index is 2.51. The maximum Gasteiger partial charge on any atom is 0.131 e. The van der Waals surface area contributed by atoms with E-state index >= 15 is 0 Å². The van der Waals surface area contributed by atoms with E-state index in [2.05, 4.69) is 5.32 Å². The van der Waals surface area contributed by atoms with Crippen molar-refractivity contribution in [2.45, 2.75) is 31.7 Å². The van der Waals surface area contributed by atoms with E-state index in [1.165, 1.54) is 18.2 Å². The molecule has 1 aliphatic rings. The predicted octanol–water partition coefficient (Wildman–Crippen LogP) is 2.95. The Morgan fingerprint density at radius 3 is 2.47 bits per heavy atom. The molecule has 0 spiro atoms. The van der Waals surface area contributed by atoms with Crippen LogP contribution >= 0.6 is 0 Å². The molecule has 1 aliphatic heterocycles. The maximum atomic E-state index is 13.7. The molecular weight excluding hydrogens is 196 g/mol. The molecule has 1 fully saturated rings. The molecule has 0 aliphatic carbocycles. The third kappa shape index (κ3) is 1.65. The first-order valence-corrected chi connectivity index (χ1v) is 5.39. The average Bonchev–Trinajstić information content (AvgIpc) is 2.67.